The lowest BCUT2D eigenvalue weighted by atomic mass is 10.0. The van der Waals surface area contributed by atoms with Crippen LogP contribution in [0, 0.1) is 23.7 Å². The van der Waals surface area contributed by atoms with Crippen molar-refractivity contribution in [2.45, 2.75) is 88.0 Å². The van der Waals surface area contributed by atoms with Crippen molar-refractivity contribution in [3.8, 4) is 0 Å². The summed E-state index contributed by atoms with van der Waals surface area (Å²) in [5.74, 6) is 3.33. The Hall–Kier alpha value is -0.0800. The van der Waals surface area contributed by atoms with Crippen molar-refractivity contribution in [2.75, 3.05) is 32.8 Å². The third-order valence-electron chi connectivity index (χ3n) is 4.72. The molecular weight excluding hydrogens is 294 g/mol. The number of rotatable bonds is 12. The first kappa shape index (κ1) is 26.2. The molecule has 0 aliphatic rings. The summed E-state index contributed by atoms with van der Waals surface area (Å²) in [5.41, 5.74) is 0. The summed E-state index contributed by atoms with van der Waals surface area (Å²) in [5, 5.41) is 8.93. The second-order valence-electron chi connectivity index (χ2n) is 9.25. The molecule has 2 nitrogen and oxygen atoms in total. The highest BCUT2D eigenvalue weighted by atomic mass is 16.2. The van der Waals surface area contributed by atoms with Crippen molar-refractivity contribution in [3.05, 3.63) is 0 Å². The largest absolute Gasteiger partial charge is 0.855 e. The van der Waals surface area contributed by atoms with Gasteiger partial charge >= 0.3 is 0 Å². The SMILES string of the molecule is CC(C)CC[N+](CCC(C)C)(CCC(C)C)CCC(C)C.CC[O-]. The van der Waals surface area contributed by atoms with E-state index in [4.69, 9.17) is 5.11 Å². The predicted octanol–water partition coefficient (Wildman–Crippen LogP) is 5.35. The number of nitrogens with zero attached hydrogens (tertiary/aromatic N) is 1. The minimum absolute atomic E-state index is 0. The molecule has 24 heavy (non-hydrogen) atoms. The van der Waals surface area contributed by atoms with Crippen LogP contribution in [0.1, 0.15) is 88.0 Å². The van der Waals surface area contributed by atoms with Gasteiger partial charge in [0.15, 0.2) is 0 Å². The third kappa shape index (κ3) is 16.8. The molecule has 2 heteroatoms. The summed E-state index contributed by atoms with van der Waals surface area (Å²) in [4.78, 5) is 0. The summed E-state index contributed by atoms with van der Waals surface area (Å²) in [6, 6.07) is 0. The molecule has 148 valence electrons. The zero-order chi connectivity index (χ0) is 19.2. The second kappa shape index (κ2) is 15.2. The van der Waals surface area contributed by atoms with Crippen LogP contribution in [0.4, 0.5) is 0 Å². The van der Waals surface area contributed by atoms with E-state index in [1.54, 1.807) is 6.92 Å². The first-order valence-electron chi connectivity index (χ1n) is 10.5. The van der Waals surface area contributed by atoms with Crippen LogP contribution >= 0.6 is 0 Å². The van der Waals surface area contributed by atoms with Crippen molar-refractivity contribution in [2.24, 2.45) is 23.7 Å². The van der Waals surface area contributed by atoms with Crippen molar-refractivity contribution in [1.82, 2.24) is 0 Å². The molecule has 0 rings (SSSR count). The standard InChI is InChI=1S/C20H44N.C2H5O/c1-17(2)9-13-21(14-10-18(3)4,15-11-19(5)6)16-12-20(7)8;1-2-3/h17-20H,9-16H2,1-8H3;2H2,1H3/q+1;-1. The third-order valence-corrected chi connectivity index (χ3v) is 4.72. The Morgan fingerprint density at radius 1 is 0.542 bits per heavy atom. The zero-order valence-electron chi connectivity index (χ0n) is 18.5. The molecule has 0 aromatic rings. The molecule has 0 aromatic carbocycles. The molecule has 0 spiro atoms. The van der Waals surface area contributed by atoms with E-state index in [1.165, 1.54) is 56.3 Å². The van der Waals surface area contributed by atoms with E-state index in [-0.39, 0.29) is 6.61 Å². The summed E-state index contributed by atoms with van der Waals surface area (Å²) >= 11 is 0. The second-order valence-corrected chi connectivity index (χ2v) is 9.25. The first-order valence-corrected chi connectivity index (χ1v) is 10.5. The maximum absolute atomic E-state index is 8.93. The Labute approximate surface area is 154 Å². The first-order chi connectivity index (χ1) is 11.1. The molecule has 0 radical (unpaired) electrons. The van der Waals surface area contributed by atoms with Gasteiger partial charge in [-0.1, -0.05) is 62.3 Å². The van der Waals surface area contributed by atoms with E-state index in [9.17, 15) is 0 Å². The van der Waals surface area contributed by atoms with E-state index >= 15 is 0 Å². The topological polar surface area (TPSA) is 23.1 Å². The Balaban J connectivity index is 0. The smallest absolute Gasteiger partial charge is 0.0789 e. The molecule has 0 amide bonds. The minimum Gasteiger partial charge on any atom is -0.855 e. The normalized spacial score (nSPS) is 12.2. The fourth-order valence-electron chi connectivity index (χ4n) is 2.80. The van der Waals surface area contributed by atoms with Crippen LogP contribution in [-0.2, 0) is 0 Å². The molecule has 0 N–H and O–H groups in total. The average molecular weight is 344 g/mol. The van der Waals surface area contributed by atoms with Crippen molar-refractivity contribution in [1.29, 1.82) is 0 Å². The van der Waals surface area contributed by atoms with Gasteiger partial charge < -0.3 is 9.59 Å². The van der Waals surface area contributed by atoms with Gasteiger partial charge in [-0.2, -0.15) is 0 Å². The lowest BCUT2D eigenvalue weighted by Crippen LogP contribution is -2.52. The highest BCUT2D eigenvalue weighted by Gasteiger charge is 2.27. The lowest BCUT2D eigenvalue weighted by molar-refractivity contribution is -0.930. The van der Waals surface area contributed by atoms with Gasteiger partial charge in [0.2, 0.25) is 0 Å². The van der Waals surface area contributed by atoms with Gasteiger partial charge in [0.25, 0.3) is 0 Å². The Morgan fingerprint density at radius 3 is 0.833 bits per heavy atom. The van der Waals surface area contributed by atoms with Gasteiger partial charge in [-0.15, -0.1) is 6.61 Å². The molecular formula is C22H49NO. The predicted molar refractivity (Wildman–Crippen MR) is 108 cm³/mol. The van der Waals surface area contributed by atoms with Crippen molar-refractivity contribution < 1.29 is 9.59 Å². The lowest BCUT2D eigenvalue weighted by Gasteiger charge is -2.41. The Kier molecular flexibility index (Phi) is 16.6. The van der Waals surface area contributed by atoms with Gasteiger partial charge in [-0.3, -0.25) is 0 Å². The van der Waals surface area contributed by atoms with Crippen LogP contribution in [-0.4, -0.2) is 37.3 Å². The van der Waals surface area contributed by atoms with Crippen LogP contribution in [0.2, 0.25) is 0 Å². The van der Waals surface area contributed by atoms with Crippen LogP contribution in [0.25, 0.3) is 0 Å². The van der Waals surface area contributed by atoms with E-state index in [0.29, 0.717) is 0 Å². The highest BCUT2D eigenvalue weighted by Crippen LogP contribution is 2.21. The van der Waals surface area contributed by atoms with Gasteiger partial charge in [-0.25, -0.2) is 0 Å². The Morgan fingerprint density at radius 2 is 0.708 bits per heavy atom. The fraction of sp³-hybridized carbons (Fsp3) is 1.00. The van der Waals surface area contributed by atoms with Gasteiger partial charge in [-0.05, 0) is 49.4 Å². The number of hydrogen-bond donors (Lipinski definition) is 0. The van der Waals surface area contributed by atoms with Crippen LogP contribution in [0.3, 0.4) is 0 Å². The zero-order valence-corrected chi connectivity index (χ0v) is 18.5. The molecule has 0 aliphatic carbocycles. The van der Waals surface area contributed by atoms with Crippen molar-refractivity contribution >= 4 is 0 Å². The van der Waals surface area contributed by atoms with Crippen LogP contribution in [0.5, 0.6) is 0 Å². The monoisotopic (exact) mass is 343 g/mol. The maximum Gasteiger partial charge on any atom is 0.0789 e. The van der Waals surface area contributed by atoms with Crippen LogP contribution in [0.15, 0.2) is 0 Å². The molecule has 0 aliphatic heterocycles. The van der Waals surface area contributed by atoms with Gasteiger partial charge in [0.1, 0.15) is 0 Å². The number of hydrogen-bond acceptors (Lipinski definition) is 1. The van der Waals surface area contributed by atoms with E-state index < -0.39 is 0 Å². The van der Waals surface area contributed by atoms with E-state index in [1.807, 2.05) is 0 Å². The molecule has 0 unspecified atom stereocenters. The minimum atomic E-state index is 0. The molecule has 0 fully saturated rings. The summed E-state index contributed by atoms with van der Waals surface area (Å²) < 4.78 is 1.38. The Bertz CT molecular complexity index is 205. The average Bonchev–Trinajstić information content (AvgIpc) is 2.46. The quantitative estimate of drug-likeness (QED) is 0.438. The summed E-state index contributed by atoms with van der Waals surface area (Å²) in [6.07, 6.45) is 5.53. The summed E-state index contributed by atoms with van der Waals surface area (Å²) in [7, 11) is 0. The van der Waals surface area contributed by atoms with E-state index in [2.05, 4.69) is 55.4 Å². The molecule has 0 aromatic heterocycles. The van der Waals surface area contributed by atoms with Crippen LogP contribution < -0.4 is 5.11 Å². The van der Waals surface area contributed by atoms with Crippen molar-refractivity contribution in [3.63, 3.8) is 0 Å². The fourth-order valence-corrected chi connectivity index (χ4v) is 2.80. The highest BCUT2D eigenvalue weighted by molar-refractivity contribution is 4.56. The number of quaternary nitrogens is 1. The molecule has 0 saturated carbocycles. The van der Waals surface area contributed by atoms with E-state index in [0.717, 1.165) is 23.7 Å². The van der Waals surface area contributed by atoms with Gasteiger partial charge in [0.05, 0.1) is 26.2 Å². The molecule has 0 bridgehead atoms. The van der Waals surface area contributed by atoms with Gasteiger partial charge in [0, 0.05) is 0 Å². The summed E-state index contributed by atoms with van der Waals surface area (Å²) in [6.45, 7) is 26.2. The maximum atomic E-state index is 8.93. The molecule has 0 saturated heterocycles. The molecule has 0 heterocycles. The molecule has 0 atom stereocenters.